The molecule has 2 aliphatic rings. The summed E-state index contributed by atoms with van der Waals surface area (Å²) >= 11 is 3.21. The highest BCUT2D eigenvalue weighted by Gasteiger charge is 2.69. The van der Waals surface area contributed by atoms with Gasteiger partial charge in [0.05, 0.1) is 5.92 Å². The molecular weight excluding hydrogens is 389 g/mol. The third-order valence-corrected chi connectivity index (χ3v) is 5.25. The number of alkyl halides is 3. The van der Waals surface area contributed by atoms with Gasteiger partial charge >= 0.3 is 6.18 Å². The Labute approximate surface area is 145 Å². The number of carbonyl (C=O) groups excluding carboxylic acids is 1. The molecule has 0 unspecified atom stereocenters. The van der Waals surface area contributed by atoms with E-state index in [0.717, 1.165) is 0 Å². The lowest BCUT2D eigenvalue weighted by atomic mass is 9.75. The fourth-order valence-electron chi connectivity index (χ4n) is 3.42. The van der Waals surface area contributed by atoms with Gasteiger partial charge in [0.1, 0.15) is 0 Å². The van der Waals surface area contributed by atoms with Gasteiger partial charge < -0.3 is 5.11 Å². The Kier molecular flexibility index (Phi) is 4.24. The fraction of sp³-hybridized carbons (Fsp3) is 0.500. The second kappa shape index (κ2) is 5.84. The molecule has 130 valence electrons. The molecule has 24 heavy (non-hydrogen) atoms. The number of hydrogen-bond acceptors (Lipinski definition) is 3. The molecule has 0 saturated heterocycles. The number of hydrazone groups is 1. The van der Waals surface area contributed by atoms with E-state index in [0.29, 0.717) is 17.3 Å². The van der Waals surface area contributed by atoms with Gasteiger partial charge in [0.25, 0.3) is 11.6 Å². The van der Waals surface area contributed by atoms with Crippen molar-refractivity contribution < 1.29 is 23.1 Å². The van der Waals surface area contributed by atoms with Crippen molar-refractivity contribution in [2.75, 3.05) is 0 Å². The Hall–Kier alpha value is -1.41. The summed E-state index contributed by atoms with van der Waals surface area (Å²) in [6, 6.07) is 5.90. The first kappa shape index (κ1) is 17.4. The van der Waals surface area contributed by atoms with Gasteiger partial charge in [0, 0.05) is 15.7 Å². The van der Waals surface area contributed by atoms with Crippen molar-refractivity contribution in [1.82, 2.24) is 5.01 Å². The topological polar surface area (TPSA) is 52.9 Å². The van der Waals surface area contributed by atoms with Crippen molar-refractivity contribution >= 4 is 27.5 Å². The van der Waals surface area contributed by atoms with E-state index in [1.807, 2.05) is 0 Å². The first-order valence-corrected chi connectivity index (χ1v) is 8.43. The number of amides is 1. The SMILES string of the molecule is C[C@@H]1CCC[C@@H]2C1=NN(C(=O)c1ccc(Br)cc1)[C@@]2(O)C(F)(F)F. The van der Waals surface area contributed by atoms with E-state index in [2.05, 4.69) is 21.0 Å². The number of aliphatic hydroxyl groups is 1. The Balaban J connectivity index is 2.06. The predicted molar refractivity (Wildman–Crippen MR) is 85.3 cm³/mol. The maximum absolute atomic E-state index is 13.7. The number of rotatable bonds is 1. The molecule has 0 bridgehead atoms. The zero-order valence-corrected chi connectivity index (χ0v) is 14.4. The number of benzene rings is 1. The van der Waals surface area contributed by atoms with Gasteiger partial charge in [-0.3, -0.25) is 4.79 Å². The Morgan fingerprint density at radius 3 is 2.54 bits per heavy atom. The Morgan fingerprint density at radius 1 is 1.33 bits per heavy atom. The standard InChI is InChI=1S/C16H16BrF3N2O2/c1-9-3-2-4-12-13(9)21-22(15(12,24)16(18,19)20)14(23)10-5-7-11(17)8-6-10/h5-9,12,24H,2-4H2,1H3/t9-,12-,15+/m1/s1. The Morgan fingerprint density at radius 2 is 1.96 bits per heavy atom. The maximum Gasteiger partial charge on any atom is 0.439 e. The third-order valence-electron chi connectivity index (χ3n) is 4.72. The van der Waals surface area contributed by atoms with Gasteiger partial charge in [-0.1, -0.05) is 29.3 Å². The molecule has 0 radical (unpaired) electrons. The van der Waals surface area contributed by atoms with Crippen LogP contribution in [-0.4, -0.2) is 33.6 Å². The molecular formula is C16H16BrF3N2O2. The summed E-state index contributed by atoms with van der Waals surface area (Å²) in [4.78, 5) is 12.6. The largest absolute Gasteiger partial charge is 0.439 e. The van der Waals surface area contributed by atoms with Crippen LogP contribution in [0.3, 0.4) is 0 Å². The van der Waals surface area contributed by atoms with Crippen molar-refractivity contribution in [3.63, 3.8) is 0 Å². The van der Waals surface area contributed by atoms with Crippen LogP contribution in [-0.2, 0) is 0 Å². The summed E-state index contributed by atoms with van der Waals surface area (Å²) in [6.07, 6.45) is -3.58. The van der Waals surface area contributed by atoms with Crippen molar-refractivity contribution in [3.05, 3.63) is 34.3 Å². The average Bonchev–Trinajstić information content (AvgIpc) is 2.83. The maximum atomic E-state index is 13.7. The first-order valence-electron chi connectivity index (χ1n) is 7.64. The van der Waals surface area contributed by atoms with Gasteiger partial charge in [0.2, 0.25) is 0 Å². The molecule has 3 atom stereocenters. The molecule has 1 heterocycles. The van der Waals surface area contributed by atoms with E-state index < -0.39 is 23.7 Å². The lowest BCUT2D eigenvalue weighted by Crippen LogP contribution is -2.61. The molecule has 1 amide bonds. The number of hydrogen-bond donors (Lipinski definition) is 1. The van der Waals surface area contributed by atoms with Crippen molar-refractivity contribution in [2.45, 2.75) is 38.1 Å². The van der Waals surface area contributed by atoms with Gasteiger partial charge in [-0.05, 0) is 43.0 Å². The summed E-state index contributed by atoms with van der Waals surface area (Å²) in [5.74, 6) is -2.36. The summed E-state index contributed by atoms with van der Waals surface area (Å²) < 4.78 is 41.8. The highest BCUT2D eigenvalue weighted by molar-refractivity contribution is 9.10. The minimum Gasteiger partial charge on any atom is -0.362 e. The quantitative estimate of drug-likeness (QED) is 0.770. The van der Waals surface area contributed by atoms with E-state index >= 15 is 0 Å². The van der Waals surface area contributed by atoms with Crippen LogP contribution in [0.15, 0.2) is 33.8 Å². The van der Waals surface area contributed by atoms with Crippen molar-refractivity contribution in [1.29, 1.82) is 0 Å². The molecule has 1 aromatic rings. The zero-order valence-electron chi connectivity index (χ0n) is 12.8. The normalized spacial score (nSPS) is 30.1. The van der Waals surface area contributed by atoms with E-state index in [4.69, 9.17) is 0 Å². The van der Waals surface area contributed by atoms with Gasteiger partial charge in [-0.15, -0.1) is 0 Å². The Bertz CT molecular complexity index is 690. The molecule has 3 rings (SSSR count). The summed E-state index contributed by atoms with van der Waals surface area (Å²) in [5, 5.41) is 14.7. The molecule has 4 nitrogen and oxygen atoms in total. The van der Waals surface area contributed by atoms with Crippen molar-refractivity contribution in [2.24, 2.45) is 16.9 Å². The van der Waals surface area contributed by atoms with Crippen LogP contribution in [0.2, 0.25) is 0 Å². The summed E-state index contributed by atoms with van der Waals surface area (Å²) in [7, 11) is 0. The molecule has 1 aliphatic carbocycles. The molecule has 0 aromatic heterocycles. The minimum atomic E-state index is -5.00. The van der Waals surface area contributed by atoms with Crippen LogP contribution in [0.4, 0.5) is 13.2 Å². The van der Waals surface area contributed by atoms with Crippen LogP contribution in [0.25, 0.3) is 0 Å². The number of carbonyl (C=O) groups is 1. The number of fused-ring (bicyclic) bond motifs is 1. The van der Waals surface area contributed by atoms with Gasteiger partial charge in [-0.2, -0.15) is 23.3 Å². The second-order valence-corrected chi connectivity index (χ2v) is 7.17. The highest BCUT2D eigenvalue weighted by atomic mass is 79.9. The van der Waals surface area contributed by atoms with Crippen LogP contribution < -0.4 is 0 Å². The molecule has 1 fully saturated rings. The lowest BCUT2D eigenvalue weighted by Gasteiger charge is -2.39. The fourth-order valence-corrected chi connectivity index (χ4v) is 3.68. The predicted octanol–water partition coefficient (Wildman–Crippen LogP) is 3.95. The van der Waals surface area contributed by atoms with E-state index in [1.54, 1.807) is 19.1 Å². The van der Waals surface area contributed by atoms with Gasteiger partial charge in [-0.25, -0.2) is 0 Å². The van der Waals surface area contributed by atoms with E-state index in [9.17, 15) is 23.1 Å². The molecule has 1 saturated carbocycles. The average molecular weight is 405 g/mol. The van der Waals surface area contributed by atoms with Crippen LogP contribution in [0.5, 0.6) is 0 Å². The van der Waals surface area contributed by atoms with Crippen LogP contribution in [0, 0.1) is 11.8 Å². The van der Waals surface area contributed by atoms with E-state index in [1.165, 1.54) is 12.1 Å². The summed E-state index contributed by atoms with van der Waals surface area (Å²) in [6.45, 7) is 1.77. The molecule has 8 heteroatoms. The lowest BCUT2D eigenvalue weighted by molar-refractivity contribution is -0.312. The van der Waals surface area contributed by atoms with Crippen molar-refractivity contribution in [3.8, 4) is 0 Å². The molecule has 0 spiro atoms. The van der Waals surface area contributed by atoms with Crippen LogP contribution in [0.1, 0.15) is 36.5 Å². The highest BCUT2D eigenvalue weighted by Crippen LogP contribution is 2.49. The monoisotopic (exact) mass is 404 g/mol. The third kappa shape index (κ3) is 2.56. The number of halogens is 4. The number of nitrogens with zero attached hydrogens (tertiary/aromatic N) is 2. The summed E-state index contributed by atoms with van der Waals surface area (Å²) in [5.41, 5.74) is -3.00. The van der Waals surface area contributed by atoms with Gasteiger partial charge in [0.15, 0.2) is 0 Å². The smallest absolute Gasteiger partial charge is 0.362 e. The second-order valence-electron chi connectivity index (χ2n) is 6.26. The minimum absolute atomic E-state index is 0.0384. The van der Waals surface area contributed by atoms with Crippen LogP contribution >= 0.6 is 15.9 Å². The molecule has 1 aromatic carbocycles. The first-order chi connectivity index (χ1) is 11.2. The molecule has 1 aliphatic heterocycles. The zero-order chi connectivity index (χ0) is 17.7. The molecule has 1 N–H and O–H groups in total. The van der Waals surface area contributed by atoms with E-state index in [-0.39, 0.29) is 28.6 Å².